The molecule has 3 aliphatic rings. The minimum atomic E-state index is 0.750. The molecule has 4 aromatic rings. The zero-order chi connectivity index (χ0) is 28.6. The lowest BCUT2D eigenvalue weighted by molar-refractivity contribution is -0.941. The third kappa shape index (κ3) is 6.97. The molecular weight excluding hydrogens is 518 g/mol. The Morgan fingerprint density at radius 2 is 1.45 bits per heavy atom. The molecule has 3 fully saturated rings. The SMILES string of the molecule is CCCN(CCC[N+]12CCN(CC1)CC2)c1ccc(N=Nc2n(Cc3ccccc3)cc[n+]2Cc2ccccc2)cc1. The Hall–Kier alpha value is -3.81. The molecule has 0 N–H and O–H groups in total. The van der Waals surface area contributed by atoms with Gasteiger partial charge in [-0.2, -0.15) is 0 Å². The lowest BCUT2D eigenvalue weighted by Crippen LogP contribution is -2.67. The highest BCUT2D eigenvalue weighted by Crippen LogP contribution is 2.24. The van der Waals surface area contributed by atoms with Gasteiger partial charge in [-0.05, 0) is 41.8 Å². The highest BCUT2D eigenvalue weighted by atomic mass is 15.5. The van der Waals surface area contributed by atoms with Crippen LogP contribution in [0.2, 0.25) is 0 Å². The number of nitrogens with zero attached hydrogens (tertiary/aromatic N) is 7. The van der Waals surface area contributed by atoms with Gasteiger partial charge in [-0.1, -0.05) is 72.7 Å². The average Bonchev–Trinajstić information content (AvgIpc) is 3.42. The molecule has 0 spiro atoms. The maximum atomic E-state index is 4.79. The van der Waals surface area contributed by atoms with Crippen LogP contribution < -0.4 is 9.47 Å². The molecule has 0 unspecified atom stereocenters. The van der Waals surface area contributed by atoms with Crippen LogP contribution in [0.25, 0.3) is 0 Å². The van der Waals surface area contributed by atoms with Gasteiger partial charge >= 0.3 is 5.95 Å². The molecule has 2 bridgehead atoms. The average molecular weight is 564 g/mol. The number of azo groups is 1. The van der Waals surface area contributed by atoms with E-state index in [1.54, 1.807) is 0 Å². The molecule has 4 heterocycles. The fraction of sp³-hybridized carbons (Fsp3) is 0.400. The largest absolute Gasteiger partial charge is 0.422 e. The molecule has 0 radical (unpaired) electrons. The van der Waals surface area contributed by atoms with E-state index in [1.165, 1.54) is 73.5 Å². The summed E-state index contributed by atoms with van der Waals surface area (Å²) in [5.74, 6) is 0.838. The predicted molar refractivity (Wildman–Crippen MR) is 170 cm³/mol. The van der Waals surface area contributed by atoms with Gasteiger partial charge in [0, 0.05) is 49.9 Å². The number of aromatic nitrogens is 2. The number of rotatable bonds is 13. The topological polar surface area (TPSA) is 40.0 Å². The molecule has 0 saturated carbocycles. The fourth-order valence-electron chi connectivity index (χ4n) is 6.52. The first-order valence-electron chi connectivity index (χ1n) is 15.7. The van der Waals surface area contributed by atoms with Crippen LogP contribution in [0.3, 0.4) is 0 Å². The van der Waals surface area contributed by atoms with Gasteiger partial charge in [-0.3, -0.25) is 4.90 Å². The quantitative estimate of drug-likeness (QED) is 0.113. The van der Waals surface area contributed by atoms with Crippen LogP contribution in [-0.2, 0) is 13.1 Å². The number of anilines is 1. The van der Waals surface area contributed by atoms with Gasteiger partial charge in [0.25, 0.3) is 0 Å². The van der Waals surface area contributed by atoms with Gasteiger partial charge in [0.1, 0.15) is 5.69 Å². The minimum Gasteiger partial charge on any atom is -0.371 e. The normalized spacial score (nSPS) is 19.9. The zero-order valence-electron chi connectivity index (χ0n) is 25.1. The summed E-state index contributed by atoms with van der Waals surface area (Å²) in [5.41, 5.74) is 4.64. The van der Waals surface area contributed by atoms with E-state index in [-0.39, 0.29) is 0 Å². The van der Waals surface area contributed by atoms with Crippen molar-refractivity contribution >= 4 is 17.3 Å². The highest BCUT2D eigenvalue weighted by Gasteiger charge is 2.37. The Kier molecular flexibility index (Phi) is 9.06. The Morgan fingerprint density at radius 1 is 0.786 bits per heavy atom. The summed E-state index contributed by atoms with van der Waals surface area (Å²) in [6, 6.07) is 29.7. The number of hydrogen-bond acceptors (Lipinski definition) is 4. The summed E-state index contributed by atoms with van der Waals surface area (Å²) in [6.45, 7) is 15.2. The molecule has 7 rings (SSSR count). The first-order chi connectivity index (χ1) is 20.7. The Morgan fingerprint density at radius 3 is 2.12 bits per heavy atom. The van der Waals surface area contributed by atoms with Crippen molar-refractivity contribution in [2.75, 3.05) is 63.8 Å². The van der Waals surface area contributed by atoms with Crippen molar-refractivity contribution in [1.82, 2.24) is 9.47 Å². The van der Waals surface area contributed by atoms with Crippen molar-refractivity contribution in [2.24, 2.45) is 10.2 Å². The van der Waals surface area contributed by atoms with E-state index in [4.69, 9.17) is 10.2 Å². The van der Waals surface area contributed by atoms with Crippen LogP contribution >= 0.6 is 0 Å². The number of quaternary nitrogens is 1. The molecule has 0 amide bonds. The van der Waals surface area contributed by atoms with E-state index in [0.29, 0.717) is 0 Å². The second-order valence-electron chi connectivity index (χ2n) is 12.0. The molecule has 3 saturated heterocycles. The predicted octanol–water partition coefficient (Wildman–Crippen LogP) is 6.04. The van der Waals surface area contributed by atoms with E-state index in [0.717, 1.165) is 44.2 Å². The van der Waals surface area contributed by atoms with Crippen LogP contribution in [0.15, 0.2) is 108 Å². The standard InChI is InChI=1S/C35H45N7/c1-2-18-39(19-9-25-42-26-22-38(23-27-42)24-28-42)34-16-14-33(15-17-34)36-37-35-40(29-31-10-5-3-6-11-31)20-21-41(35)30-32-12-7-4-8-13-32/h3-8,10-17,20-21H,2,9,18-19,22-30H2,1H3/q+2. The second-order valence-corrected chi connectivity index (χ2v) is 12.0. The Labute approximate surface area is 250 Å². The van der Waals surface area contributed by atoms with Crippen molar-refractivity contribution in [1.29, 1.82) is 0 Å². The van der Waals surface area contributed by atoms with Crippen LogP contribution in [0.5, 0.6) is 0 Å². The van der Waals surface area contributed by atoms with Crippen LogP contribution in [-0.4, -0.2) is 72.9 Å². The number of fused-ring (bicyclic) bond motifs is 3. The van der Waals surface area contributed by atoms with E-state index >= 15 is 0 Å². The lowest BCUT2D eigenvalue weighted by atomic mass is 10.1. The van der Waals surface area contributed by atoms with Crippen molar-refractivity contribution in [3.8, 4) is 0 Å². The molecule has 7 heteroatoms. The number of piperazine rings is 3. The van der Waals surface area contributed by atoms with Gasteiger partial charge < -0.3 is 9.38 Å². The van der Waals surface area contributed by atoms with Gasteiger partial charge in [-0.15, -0.1) is 0 Å². The highest BCUT2D eigenvalue weighted by molar-refractivity contribution is 5.52. The van der Waals surface area contributed by atoms with Gasteiger partial charge in [0.15, 0.2) is 0 Å². The second kappa shape index (κ2) is 13.4. The van der Waals surface area contributed by atoms with Crippen molar-refractivity contribution < 1.29 is 9.05 Å². The molecule has 0 atom stereocenters. The first kappa shape index (κ1) is 28.3. The summed E-state index contributed by atoms with van der Waals surface area (Å²) in [7, 11) is 0. The third-order valence-electron chi connectivity index (χ3n) is 9.03. The number of imidazole rings is 1. The summed E-state index contributed by atoms with van der Waals surface area (Å²) in [4.78, 5) is 5.18. The smallest absolute Gasteiger partial charge is 0.371 e. The first-order valence-corrected chi connectivity index (χ1v) is 15.7. The minimum absolute atomic E-state index is 0.750. The molecule has 42 heavy (non-hydrogen) atoms. The van der Waals surface area contributed by atoms with Gasteiger partial charge in [0.2, 0.25) is 0 Å². The molecule has 3 aliphatic heterocycles. The Bertz CT molecular complexity index is 1350. The maximum Gasteiger partial charge on any atom is 0.422 e. The monoisotopic (exact) mass is 563 g/mol. The van der Waals surface area contributed by atoms with Crippen LogP contribution in [0.4, 0.5) is 17.3 Å². The third-order valence-corrected chi connectivity index (χ3v) is 9.03. The summed E-state index contributed by atoms with van der Waals surface area (Å²) >= 11 is 0. The molecule has 3 aromatic carbocycles. The van der Waals surface area contributed by atoms with E-state index in [9.17, 15) is 0 Å². The summed E-state index contributed by atoms with van der Waals surface area (Å²) in [6.07, 6.45) is 6.60. The number of hydrogen-bond donors (Lipinski definition) is 0. The molecule has 7 nitrogen and oxygen atoms in total. The van der Waals surface area contributed by atoms with E-state index in [1.807, 2.05) is 0 Å². The molecular formula is C35H45N7+2. The van der Waals surface area contributed by atoms with Crippen LogP contribution in [0, 0.1) is 0 Å². The van der Waals surface area contributed by atoms with Crippen molar-refractivity contribution in [2.45, 2.75) is 32.9 Å². The van der Waals surface area contributed by atoms with Gasteiger partial charge in [0.05, 0.1) is 51.7 Å². The Balaban J connectivity index is 1.14. The van der Waals surface area contributed by atoms with Crippen molar-refractivity contribution in [3.05, 3.63) is 108 Å². The molecule has 1 aromatic heterocycles. The van der Waals surface area contributed by atoms with Crippen molar-refractivity contribution in [3.63, 3.8) is 0 Å². The fourth-order valence-corrected chi connectivity index (χ4v) is 6.52. The summed E-state index contributed by atoms with van der Waals surface area (Å²) < 4.78 is 5.69. The van der Waals surface area contributed by atoms with Crippen LogP contribution in [0.1, 0.15) is 30.9 Å². The summed E-state index contributed by atoms with van der Waals surface area (Å²) in [5, 5.41) is 9.50. The lowest BCUT2D eigenvalue weighted by Gasteiger charge is -2.50. The van der Waals surface area contributed by atoms with Gasteiger partial charge in [-0.25, -0.2) is 9.13 Å². The molecule has 218 valence electrons. The van der Waals surface area contributed by atoms with E-state index in [2.05, 4.69) is 123 Å². The molecule has 0 aliphatic carbocycles. The maximum absolute atomic E-state index is 4.79. The zero-order valence-corrected chi connectivity index (χ0v) is 25.1. The van der Waals surface area contributed by atoms with E-state index < -0.39 is 0 Å². The number of benzene rings is 3.